The topological polar surface area (TPSA) is 83.7 Å². The average Bonchev–Trinajstić information content (AvgIpc) is 2.88. The number of aromatic nitrogens is 1. The molecule has 0 amide bonds. The maximum absolute atomic E-state index is 11.7. The monoisotopic (exact) mass is 288 g/mol. The van der Waals surface area contributed by atoms with Crippen LogP contribution in [0.3, 0.4) is 0 Å². The quantitative estimate of drug-likeness (QED) is 0.373. The van der Waals surface area contributed by atoms with E-state index in [1.807, 2.05) is 32.4 Å². The maximum Gasteiger partial charge on any atom is 0.359 e. The highest BCUT2D eigenvalue weighted by Gasteiger charge is 2.16. The summed E-state index contributed by atoms with van der Waals surface area (Å²) in [5.41, 5.74) is 3.00. The minimum absolute atomic E-state index is 0.124. The van der Waals surface area contributed by atoms with Crippen molar-refractivity contribution >= 4 is 22.6 Å². The molecule has 1 aromatic heterocycles. The Labute approximate surface area is 123 Å². The number of fused-ring (bicyclic) bond motifs is 1. The van der Waals surface area contributed by atoms with Gasteiger partial charge in [0.2, 0.25) is 0 Å². The molecule has 0 unspecified atom stereocenters. The van der Waals surface area contributed by atoms with Crippen molar-refractivity contribution in [1.29, 1.82) is 0 Å². The van der Waals surface area contributed by atoms with Crippen molar-refractivity contribution in [3.05, 3.63) is 35.5 Å². The lowest BCUT2D eigenvalue weighted by Crippen LogP contribution is -2.19. The normalized spacial score (nSPS) is 12.1. The first-order valence-corrected chi connectivity index (χ1v) is 6.68. The molecule has 2 aromatic rings. The summed E-state index contributed by atoms with van der Waals surface area (Å²) in [7, 11) is 5.39. The van der Waals surface area contributed by atoms with Crippen molar-refractivity contribution in [3.8, 4) is 0 Å². The standard InChI is InChI=1S/C15H20N4O2/c1-19(2)7-6-11-9-17-13-5-4-10(8-12(11)13)14(18-16)15(20)21-3/h4-5,8-9,17H,6-7,16H2,1-3H3/b18-14+. The first kappa shape index (κ1) is 15.1. The van der Waals surface area contributed by atoms with Gasteiger partial charge in [0.1, 0.15) is 0 Å². The van der Waals surface area contributed by atoms with Gasteiger partial charge < -0.3 is 20.5 Å². The molecule has 0 fully saturated rings. The molecule has 0 saturated carbocycles. The fraction of sp³-hybridized carbons (Fsp3) is 0.333. The van der Waals surface area contributed by atoms with Crippen molar-refractivity contribution in [1.82, 2.24) is 9.88 Å². The number of nitrogens with zero attached hydrogens (tertiary/aromatic N) is 2. The summed E-state index contributed by atoms with van der Waals surface area (Å²) in [6.45, 7) is 0.950. The number of carbonyl (C=O) groups is 1. The van der Waals surface area contributed by atoms with Gasteiger partial charge in [-0.2, -0.15) is 5.10 Å². The number of nitrogens with two attached hydrogens (primary N) is 1. The SMILES string of the molecule is COC(=O)/C(=N/N)c1ccc2[nH]cc(CCN(C)C)c2c1. The molecule has 0 aliphatic rings. The van der Waals surface area contributed by atoms with Crippen molar-refractivity contribution in [3.63, 3.8) is 0 Å². The zero-order chi connectivity index (χ0) is 15.4. The number of esters is 1. The summed E-state index contributed by atoms with van der Waals surface area (Å²) in [4.78, 5) is 17.0. The van der Waals surface area contributed by atoms with Crippen LogP contribution in [0, 0.1) is 0 Å². The lowest BCUT2D eigenvalue weighted by molar-refractivity contribution is -0.132. The molecule has 3 N–H and O–H groups in total. The van der Waals surface area contributed by atoms with E-state index in [-0.39, 0.29) is 5.71 Å². The molecule has 0 radical (unpaired) electrons. The number of nitrogens with one attached hydrogen (secondary N) is 1. The molecule has 112 valence electrons. The van der Waals surface area contributed by atoms with Crippen LogP contribution in [0.4, 0.5) is 0 Å². The number of aromatic amines is 1. The number of hydrogen-bond acceptors (Lipinski definition) is 5. The summed E-state index contributed by atoms with van der Waals surface area (Å²) < 4.78 is 4.70. The van der Waals surface area contributed by atoms with Gasteiger partial charge in [-0.1, -0.05) is 6.07 Å². The number of rotatable bonds is 5. The molecular weight excluding hydrogens is 268 g/mol. The van der Waals surface area contributed by atoms with Gasteiger partial charge in [-0.25, -0.2) is 4.79 Å². The highest BCUT2D eigenvalue weighted by molar-refractivity contribution is 6.43. The molecule has 0 aliphatic carbocycles. The largest absolute Gasteiger partial charge is 0.464 e. The number of likely N-dealkylation sites (N-methyl/N-ethyl adjacent to an activating group) is 1. The molecule has 21 heavy (non-hydrogen) atoms. The van der Waals surface area contributed by atoms with Crippen LogP contribution in [-0.2, 0) is 16.0 Å². The molecule has 6 nitrogen and oxygen atoms in total. The Morgan fingerprint density at radius 1 is 1.43 bits per heavy atom. The predicted molar refractivity (Wildman–Crippen MR) is 83.3 cm³/mol. The summed E-state index contributed by atoms with van der Waals surface area (Å²) in [6, 6.07) is 5.63. The number of carbonyl (C=O) groups excluding carboxylic acids is 1. The molecule has 0 atom stereocenters. The van der Waals surface area contributed by atoms with Crippen LogP contribution in [0.2, 0.25) is 0 Å². The number of ether oxygens (including phenoxy) is 1. The Bertz CT molecular complexity index is 673. The Morgan fingerprint density at radius 2 is 2.19 bits per heavy atom. The first-order valence-electron chi connectivity index (χ1n) is 6.68. The smallest absolute Gasteiger partial charge is 0.359 e. The van der Waals surface area contributed by atoms with Crippen LogP contribution in [0.25, 0.3) is 10.9 Å². The van der Waals surface area contributed by atoms with Gasteiger partial charge in [0.25, 0.3) is 0 Å². The van der Waals surface area contributed by atoms with Crippen LogP contribution in [0.5, 0.6) is 0 Å². The maximum atomic E-state index is 11.7. The van der Waals surface area contributed by atoms with E-state index in [1.165, 1.54) is 12.7 Å². The van der Waals surface area contributed by atoms with E-state index >= 15 is 0 Å². The van der Waals surface area contributed by atoms with E-state index in [1.54, 1.807) is 6.07 Å². The number of H-pyrrole nitrogens is 1. The lowest BCUT2D eigenvalue weighted by atomic mass is 10.0. The third kappa shape index (κ3) is 3.22. The van der Waals surface area contributed by atoms with Gasteiger partial charge in [0.15, 0.2) is 5.71 Å². The van der Waals surface area contributed by atoms with Crippen LogP contribution >= 0.6 is 0 Å². The number of hydrogen-bond donors (Lipinski definition) is 2. The predicted octanol–water partition coefficient (Wildman–Crippen LogP) is 1.11. The van der Waals surface area contributed by atoms with Crippen LogP contribution in [0.15, 0.2) is 29.5 Å². The van der Waals surface area contributed by atoms with Crippen molar-refractivity contribution < 1.29 is 9.53 Å². The van der Waals surface area contributed by atoms with E-state index in [2.05, 4.69) is 15.0 Å². The molecule has 0 aliphatic heterocycles. The summed E-state index contributed by atoms with van der Waals surface area (Å²) in [5, 5.41) is 4.62. The summed E-state index contributed by atoms with van der Waals surface area (Å²) in [5.74, 6) is 4.77. The van der Waals surface area contributed by atoms with Gasteiger partial charge in [-0.15, -0.1) is 0 Å². The molecule has 2 rings (SSSR count). The third-order valence-electron chi connectivity index (χ3n) is 3.38. The van der Waals surface area contributed by atoms with Crippen molar-refractivity contribution in [2.24, 2.45) is 10.9 Å². The molecule has 6 heteroatoms. The highest BCUT2D eigenvalue weighted by atomic mass is 16.5. The van der Waals surface area contributed by atoms with Crippen molar-refractivity contribution in [2.75, 3.05) is 27.7 Å². The first-order chi connectivity index (χ1) is 10.1. The fourth-order valence-electron chi connectivity index (χ4n) is 2.22. The van der Waals surface area contributed by atoms with Gasteiger partial charge in [0.05, 0.1) is 7.11 Å². The van der Waals surface area contributed by atoms with Crippen LogP contribution in [-0.4, -0.2) is 49.3 Å². The van der Waals surface area contributed by atoms with Gasteiger partial charge in [-0.05, 0) is 38.2 Å². The number of methoxy groups -OCH3 is 1. The minimum atomic E-state index is -0.540. The zero-order valence-electron chi connectivity index (χ0n) is 12.5. The molecule has 0 bridgehead atoms. The molecule has 1 aromatic carbocycles. The second-order valence-corrected chi connectivity index (χ2v) is 5.10. The zero-order valence-corrected chi connectivity index (χ0v) is 12.5. The number of benzene rings is 1. The van der Waals surface area contributed by atoms with E-state index in [9.17, 15) is 4.79 Å². The Balaban J connectivity index is 2.39. The second-order valence-electron chi connectivity index (χ2n) is 5.10. The summed E-state index contributed by atoms with van der Waals surface area (Å²) >= 11 is 0. The number of hydrazone groups is 1. The van der Waals surface area contributed by atoms with E-state index in [0.29, 0.717) is 5.56 Å². The van der Waals surface area contributed by atoms with Gasteiger partial charge in [-0.3, -0.25) is 0 Å². The average molecular weight is 288 g/mol. The lowest BCUT2D eigenvalue weighted by Gasteiger charge is -2.08. The Morgan fingerprint density at radius 3 is 2.81 bits per heavy atom. The summed E-state index contributed by atoms with van der Waals surface area (Å²) in [6.07, 6.45) is 2.92. The molecular formula is C15H20N4O2. The van der Waals surface area contributed by atoms with E-state index < -0.39 is 5.97 Å². The third-order valence-corrected chi connectivity index (χ3v) is 3.38. The second kappa shape index (κ2) is 6.41. The Kier molecular flexibility index (Phi) is 4.59. The van der Waals surface area contributed by atoms with Gasteiger partial charge >= 0.3 is 5.97 Å². The minimum Gasteiger partial charge on any atom is -0.464 e. The fourth-order valence-corrected chi connectivity index (χ4v) is 2.22. The molecule has 1 heterocycles. The molecule has 0 spiro atoms. The van der Waals surface area contributed by atoms with Crippen molar-refractivity contribution in [2.45, 2.75) is 6.42 Å². The molecule has 0 saturated heterocycles. The van der Waals surface area contributed by atoms with Crippen LogP contribution < -0.4 is 5.84 Å². The van der Waals surface area contributed by atoms with E-state index in [4.69, 9.17) is 10.6 Å². The highest BCUT2D eigenvalue weighted by Crippen LogP contribution is 2.21. The Hall–Kier alpha value is -2.34. The van der Waals surface area contributed by atoms with E-state index in [0.717, 1.165) is 23.9 Å². The van der Waals surface area contributed by atoms with Gasteiger partial charge in [0, 0.05) is 29.2 Å². The van der Waals surface area contributed by atoms with Crippen LogP contribution in [0.1, 0.15) is 11.1 Å².